The van der Waals surface area contributed by atoms with Crippen molar-refractivity contribution < 1.29 is 28.1 Å². The van der Waals surface area contributed by atoms with E-state index in [0.29, 0.717) is 36.2 Å². The lowest BCUT2D eigenvalue weighted by atomic mass is 9.76. The Kier molecular flexibility index (Phi) is 14.7. The minimum absolute atomic E-state index is 0.231. The first kappa shape index (κ1) is 37.7. The number of carbonyl (C=O) groups excluding carboxylic acids is 2. The van der Waals surface area contributed by atoms with Gasteiger partial charge in [0, 0.05) is 70.5 Å². The smallest absolute Gasteiger partial charge is 0.278 e. The van der Waals surface area contributed by atoms with Crippen molar-refractivity contribution in [3.63, 3.8) is 0 Å². The number of rotatable bonds is 16. The molecule has 2 aliphatic rings. The van der Waals surface area contributed by atoms with Gasteiger partial charge in [-0.1, -0.05) is 51.5 Å². The van der Waals surface area contributed by atoms with Gasteiger partial charge in [-0.15, -0.1) is 0 Å². The van der Waals surface area contributed by atoms with Crippen molar-refractivity contribution >= 4 is 59.7 Å². The monoisotopic (exact) mass is 688 g/mol. The molecule has 2 heterocycles. The van der Waals surface area contributed by atoms with Gasteiger partial charge in [-0.05, 0) is 85.3 Å². The Labute approximate surface area is 285 Å². The molecule has 0 aromatic heterocycles. The lowest BCUT2D eigenvalue weighted by Crippen LogP contribution is -2.32. The zero-order chi connectivity index (χ0) is 33.7. The van der Waals surface area contributed by atoms with E-state index in [0.717, 1.165) is 87.3 Å². The van der Waals surface area contributed by atoms with Crippen molar-refractivity contribution in [3.8, 4) is 0 Å². The normalized spacial score (nSPS) is 21.5. The number of carbonyl (C=O) groups is 2. The molecule has 0 fully saturated rings. The molecule has 0 aliphatic carbocycles. The number of hydroxylamine groups is 2. The molecule has 0 saturated carbocycles. The third-order valence-corrected chi connectivity index (χ3v) is 9.45. The van der Waals surface area contributed by atoms with Crippen LogP contribution in [-0.2, 0) is 19.8 Å². The van der Waals surface area contributed by atoms with E-state index in [1.807, 2.05) is 62.4 Å². The van der Waals surface area contributed by atoms with Crippen LogP contribution >= 0.6 is 36.1 Å². The number of allylic oxidation sites excluding steroid dienone is 7. The van der Waals surface area contributed by atoms with Crippen molar-refractivity contribution in [1.29, 1.82) is 0 Å². The summed E-state index contributed by atoms with van der Waals surface area (Å²) in [7, 11) is 1.45. The van der Waals surface area contributed by atoms with E-state index in [4.69, 9.17) is 4.84 Å². The predicted octanol–water partition coefficient (Wildman–Crippen LogP) is 7.31. The van der Waals surface area contributed by atoms with E-state index in [1.165, 1.54) is 13.2 Å². The largest absolute Gasteiger partial charge is 0.344 e. The molecular formula is C33H44N4O6S3. The van der Waals surface area contributed by atoms with Crippen molar-refractivity contribution in [2.45, 2.75) is 57.3 Å². The number of hydrogen-bond donors (Lipinski definition) is 4. The van der Waals surface area contributed by atoms with Gasteiger partial charge in [-0.25, -0.2) is 5.06 Å². The Morgan fingerprint density at radius 2 is 1.80 bits per heavy atom. The molecule has 46 heavy (non-hydrogen) atoms. The Morgan fingerprint density at radius 1 is 1.07 bits per heavy atom. The first-order chi connectivity index (χ1) is 22.0. The lowest BCUT2D eigenvalue weighted by Gasteiger charge is -2.30. The van der Waals surface area contributed by atoms with E-state index in [1.54, 1.807) is 0 Å². The molecular weight excluding hydrogens is 645 g/mol. The SMILES string of the molecule is CN(OCC=O)C(=O)C1=C\N/N=C(/C=C/C=C/C=C2/N(CCCSO)c3ccc(SO)cc3C2(C)C)C(C)(C)\C(CCCSO)=C\1. The fourth-order valence-electron chi connectivity index (χ4n) is 5.45. The molecule has 10 nitrogen and oxygen atoms in total. The van der Waals surface area contributed by atoms with Crippen LogP contribution in [0, 0.1) is 5.41 Å². The van der Waals surface area contributed by atoms with Gasteiger partial charge < -0.3 is 23.4 Å². The van der Waals surface area contributed by atoms with Gasteiger partial charge in [0.2, 0.25) is 0 Å². The third kappa shape index (κ3) is 9.40. The minimum atomic E-state index is -0.559. The number of hydrogen-bond acceptors (Lipinski definition) is 12. The number of amides is 1. The third-order valence-electron chi connectivity index (χ3n) is 8.05. The number of anilines is 1. The number of hydrazone groups is 1. The second kappa shape index (κ2) is 17.9. The zero-order valence-corrected chi connectivity index (χ0v) is 29.4. The molecule has 0 radical (unpaired) electrons. The maximum Gasteiger partial charge on any atom is 0.278 e. The van der Waals surface area contributed by atoms with Crippen LogP contribution in [0.1, 0.15) is 52.5 Å². The second-order valence-electron chi connectivity index (χ2n) is 11.8. The molecule has 250 valence electrons. The summed E-state index contributed by atoms with van der Waals surface area (Å²) in [5.74, 6) is 0.771. The van der Waals surface area contributed by atoms with Crippen molar-refractivity contribution in [3.05, 3.63) is 83.3 Å². The van der Waals surface area contributed by atoms with Gasteiger partial charge in [0.25, 0.3) is 5.91 Å². The first-order valence-corrected chi connectivity index (χ1v) is 17.6. The van der Waals surface area contributed by atoms with Gasteiger partial charge in [-0.3, -0.25) is 15.1 Å². The number of fused-ring (bicyclic) bond motifs is 1. The van der Waals surface area contributed by atoms with Crippen molar-refractivity contribution in [2.75, 3.05) is 36.6 Å². The highest BCUT2D eigenvalue weighted by Crippen LogP contribution is 2.48. The van der Waals surface area contributed by atoms with Crippen molar-refractivity contribution in [1.82, 2.24) is 10.5 Å². The molecule has 1 aromatic rings. The average molecular weight is 689 g/mol. The number of benzene rings is 1. The molecule has 2 aliphatic heterocycles. The van der Waals surface area contributed by atoms with Crippen LogP contribution in [-0.4, -0.2) is 68.3 Å². The molecule has 13 heteroatoms. The number of likely N-dealkylation sites (N-methyl/N-ethyl adjacent to an activating group) is 1. The first-order valence-electron chi connectivity index (χ1n) is 14.9. The maximum atomic E-state index is 13.0. The minimum Gasteiger partial charge on any atom is -0.344 e. The number of nitrogens with one attached hydrogen (secondary N) is 1. The van der Waals surface area contributed by atoms with Crippen LogP contribution in [0.4, 0.5) is 5.69 Å². The van der Waals surface area contributed by atoms with Crippen LogP contribution in [0.5, 0.6) is 0 Å². The summed E-state index contributed by atoms with van der Waals surface area (Å²) in [4.78, 5) is 32.0. The number of aldehydes is 1. The van der Waals surface area contributed by atoms with E-state index in [2.05, 4.69) is 35.4 Å². The molecule has 1 amide bonds. The zero-order valence-electron chi connectivity index (χ0n) is 26.9. The quantitative estimate of drug-likeness (QED) is 0.0458. The van der Waals surface area contributed by atoms with Gasteiger partial charge in [0.05, 0.1) is 11.3 Å². The molecule has 3 rings (SSSR count). The highest BCUT2D eigenvalue weighted by atomic mass is 32.2. The second-order valence-corrected chi connectivity index (χ2v) is 13.7. The van der Waals surface area contributed by atoms with Gasteiger partial charge in [-0.2, -0.15) is 5.10 Å². The molecule has 0 atom stereocenters. The summed E-state index contributed by atoms with van der Waals surface area (Å²) < 4.78 is 28.2. The standard InChI is InChI=1S/C33H44N4O6S3/c1-32(2)25(11-9-19-44-40)21-24(31(39)36(5)43-18-17-38)23-34-35-29(32)12-7-6-8-13-30-33(3,4)27-22-26(46-42)14-15-28(27)37(30)16-10-20-45-41/h6-8,12-15,17,21-23,34,40-42H,9-11,16,18-20H2,1-5H3/b8-6+,12-7+,24-23-,25-21+,30-13+,35-29-. The summed E-state index contributed by atoms with van der Waals surface area (Å²) in [6.45, 7) is 8.96. The van der Waals surface area contributed by atoms with E-state index in [9.17, 15) is 23.2 Å². The van der Waals surface area contributed by atoms with Crippen LogP contribution in [0.25, 0.3) is 0 Å². The van der Waals surface area contributed by atoms with Gasteiger partial charge in [0.1, 0.15) is 12.9 Å². The Morgan fingerprint density at radius 3 is 2.50 bits per heavy atom. The molecule has 1 aromatic carbocycles. The van der Waals surface area contributed by atoms with Crippen molar-refractivity contribution in [2.24, 2.45) is 10.5 Å². The average Bonchev–Trinajstić information content (AvgIpc) is 3.24. The van der Waals surface area contributed by atoms with Crippen LogP contribution in [0.3, 0.4) is 0 Å². The van der Waals surface area contributed by atoms with Crippen LogP contribution in [0.2, 0.25) is 0 Å². The van der Waals surface area contributed by atoms with Crippen LogP contribution in [0.15, 0.2) is 87.7 Å². The molecule has 0 saturated heterocycles. The maximum absolute atomic E-state index is 13.0. The summed E-state index contributed by atoms with van der Waals surface area (Å²) in [6, 6.07) is 6.00. The number of nitrogens with zero attached hydrogens (tertiary/aromatic N) is 3. The summed E-state index contributed by atoms with van der Waals surface area (Å²) in [5, 5.41) is 5.63. The summed E-state index contributed by atoms with van der Waals surface area (Å²) in [5.41, 5.74) is 7.46. The fourth-order valence-corrected chi connectivity index (χ4v) is 6.28. The fraction of sp³-hybridized carbons (Fsp3) is 0.424. The predicted molar refractivity (Wildman–Crippen MR) is 191 cm³/mol. The molecule has 4 N–H and O–H groups in total. The molecule has 0 spiro atoms. The summed E-state index contributed by atoms with van der Waals surface area (Å²) >= 11 is 2.37. The summed E-state index contributed by atoms with van der Waals surface area (Å²) in [6.07, 6.45) is 16.0. The lowest BCUT2D eigenvalue weighted by molar-refractivity contribution is -0.173. The van der Waals surface area contributed by atoms with Crippen LogP contribution < -0.4 is 10.3 Å². The van der Waals surface area contributed by atoms with Gasteiger partial charge >= 0.3 is 0 Å². The highest BCUT2D eigenvalue weighted by molar-refractivity contribution is 7.94. The molecule has 0 bridgehead atoms. The van der Waals surface area contributed by atoms with Gasteiger partial charge in [0.15, 0.2) is 0 Å². The van der Waals surface area contributed by atoms with E-state index >= 15 is 0 Å². The van der Waals surface area contributed by atoms with E-state index < -0.39 is 11.3 Å². The topological polar surface area (TPSA) is 135 Å². The van der Waals surface area contributed by atoms with E-state index in [-0.39, 0.29) is 12.0 Å². The Bertz CT molecular complexity index is 1420. The highest BCUT2D eigenvalue weighted by Gasteiger charge is 2.39. The Hall–Kier alpha value is -2.78. The Balaban J connectivity index is 1.89. The molecule has 0 unspecified atom stereocenters.